The summed E-state index contributed by atoms with van der Waals surface area (Å²) >= 11 is 0. The Hall–Kier alpha value is -2.53. The first-order valence-corrected chi connectivity index (χ1v) is 9.49. The minimum absolute atomic E-state index is 0.0979. The smallest absolute Gasteiger partial charge is 0.237 e. The van der Waals surface area contributed by atoms with E-state index in [1.165, 1.54) is 0 Å². The van der Waals surface area contributed by atoms with Crippen molar-refractivity contribution in [2.75, 3.05) is 27.8 Å². The molecule has 0 heterocycles. The van der Waals surface area contributed by atoms with Crippen LogP contribution in [0.4, 0.5) is 0 Å². The Morgan fingerprint density at radius 1 is 0.929 bits per heavy atom. The van der Waals surface area contributed by atoms with Crippen LogP contribution in [0, 0.1) is 0 Å². The molecular formula is C23H32N2O3. The number of rotatable bonds is 8. The fourth-order valence-corrected chi connectivity index (χ4v) is 3.21. The Labute approximate surface area is 168 Å². The van der Waals surface area contributed by atoms with Gasteiger partial charge < -0.3 is 14.4 Å². The quantitative estimate of drug-likeness (QED) is 0.691. The van der Waals surface area contributed by atoms with Crippen LogP contribution in [0.1, 0.15) is 31.9 Å². The molecule has 152 valence electrons. The van der Waals surface area contributed by atoms with Crippen molar-refractivity contribution >= 4 is 5.91 Å². The van der Waals surface area contributed by atoms with Gasteiger partial charge in [0.2, 0.25) is 5.91 Å². The molecule has 0 N–H and O–H groups in total. The van der Waals surface area contributed by atoms with Gasteiger partial charge in [0.15, 0.2) is 11.5 Å². The molecule has 0 spiro atoms. The Morgan fingerprint density at radius 2 is 1.61 bits per heavy atom. The van der Waals surface area contributed by atoms with Gasteiger partial charge in [0.05, 0.1) is 20.8 Å². The lowest BCUT2D eigenvalue weighted by Gasteiger charge is -2.37. The first-order chi connectivity index (χ1) is 13.3. The summed E-state index contributed by atoms with van der Waals surface area (Å²) in [6.07, 6.45) is 0. The number of benzene rings is 2. The van der Waals surface area contributed by atoms with E-state index in [4.69, 9.17) is 9.47 Å². The topological polar surface area (TPSA) is 42.0 Å². The number of carbonyl (C=O) groups is 1. The summed E-state index contributed by atoms with van der Waals surface area (Å²) in [6, 6.07) is 15.9. The van der Waals surface area contributed by atoms with Crippen molar-refractivity contribution in [1.82, 2.24) is 9.80 Å². The van der Waals surface area contributed by atoms with E-state index in [1.54, 1.807) is 14.2 Å². The lowest BCUT2D eigenvalue weighted by molar-refractivity contribution is -0.137. The Bertz CT molecular complexity index is 769. The van der Waals surface area contributed by atoms with Crippen LogP contribution >= 0.6 is 0 Å². The van der Waals surface area contributed by atoms with Gasteiger partial charge in [-0.15, -0.1) is 0 Å². The number of methoxy groups -OCH3 is 2. The second kappa shape index (κ2) is 9.60. The second-order valence-corrected chi connectivity index (χ2v) is 7.96. The van der Waals surface area contributed by atoms with Crippen LogP contribution in [0.25, 0.3) is 0 Å². The van der Waals surface area contributed by atoms with Crippen LogP contribution in [0.5, 0.6) is 11.5 Å². The third-order valence-corrected chi connectivity index (χ3v) is 4.62. The molecule has 28 heavy (non-hydrogen) atoms. The molecule has 0 radical (unpaired) electrons. The molecule has 5 heteroatoms. The molecule has 0 bridgehead atoms. The van der Waals surface area contributed by atoms with Crippen LogP contribution in [-0.4, -0.2) is 49.1 Å². The predicted molar refractivity (Wildman–Crippen MR) is 113 cm³/mol. The summed E-state index contributed by atoms with van der Waals surface area (Å²) < 4.78 is 10.9. The molecule has 2 aromatic rings. The standard InChI is InChI=1S/C23H32N2O3/c1-23(2,3)25(15-18-11-8-7-9-12-18)21(26)17-24(4)16-19-13-10-14-20(27-5)22(19)28-6/h7-14H,15-17H2,1-6H3. The molecule has 1 amide bonds. The predicted octanol–water partition coefficient (Wildman–Crippen LogP) is 3.96. The number of carbonyl (C=O) groups excluding carboxylic acids is 1. The highest BCUT2D eigenvalue weighted by molar-refractivity contribution is 5.79. The minimum Gasteiger partial charge on any atom is -0.493 e. The van der Waals surface area contributed by atoms with Gasteiger partial charge in [0, 0.05) is 24.2 Å². The molecule has 2 rings (SSSR count). The lowest BCUT2D eigenvalue weighted by atomic mass is 10.0. The van der Waals surface area contributed by atoms with E-state index in [0.717, 1.165) is 11.1 Å². The van der Waals surface area contributed by atoms with Crippen molar-refractivity contribution in [1.29, 1.82) is 0 Å². The van der Waals surface area contributed by atoms with Crippen molar-refractivity contribution in [3.05, 3.63) is 59.7 Å². The van der Waals surface area contributed by atoms with Crippen LogP contribution in [0.15, 0.2) is 48.5 Å². The molecule has 5 nitrogen and oxygen atoms in total. The second-order valence-electron chi connectivity index (χ2n) is 7.96. The number of hydrogen-bond donors (Lipinski definition) is 0. The molecule has 0 fully saturated rings. The Balaban J connectivity index is 2.11. The summed E-state index contributed by atoms with van der Waals surface area (Å²) in [5, 5.41) is 0. The zero-order chi connectivity index (χ0) is 20.7. The normalized spacial score (nSPS) is 11.4. The van der Waals surface area contributed by atoms with Gasteiger partial charge >= 0.3 is 0 Å². The maximum atomic E-state index is 13.1. The fourth-order valence-electron chi connectivity index (χ4n) is 3.21. The Kier molecular flexibility index (Phi) is 7.46. The molecule has 0 aliphatic carbocycles. The number of nitrogens with zero attached hydrogens (tertiary/aromatic N) is 2. The molecule has 0 saturated heterocycles. The van der Waals surface area contributed by atoms with E-state index in [9.17, 15) is 4.79 Å². The number of hydrogen-bond acceptors (Lipinski definition) is 4. The summed E-state index contributed by atoms with van der Waals surface area (Å²) in [5.41, 5.74) is 1.85. The highest BCUT2D eigenvalue weighted by Gasteiger charge is 2.27. The average Bonchev–Trinajstić information content (AvgIpc) is 2.65. The van der Waals surface area contributed by atoms with Gasteiger partial charge in [-0.1, -0.05) is 42.5 Å². The molecule has 2 aromatic carbocycles. The fraction of sp³-hybridized carbons (Fsp3) is 0.435. The minimum atomic E-state index is -0.262. The van der Waals surface area contributed by atoms with E-state index in [2.05, 4.69) is 32.9 Å². The van der Waals surface area contributed by atoms with Gasteiger partial charge in [-0.2, -0.15) is 0 Å². The molecule has 0 aliphatic heterocycles. The highest BCUT2D eigenvalue weighted by Crippen LogP contribution is 2.31. The van der Waals surface area contributed by atoms with Crippen molar-refractivity contribution in [2.24, 2.45) is 0 Å². The van der Waals surface area contributed by atoms with E-state index in [0.29, 0.717) is 31.1 Å². The zero-order valence-electron chi connectivity index (χ0n) is 17.9. The molecular weight excluding hydrogens is 352 g/mol. The van der Waals surface area contributed by atoms with Gasteiger partial charge in [0.25, 0.3) is 0 Å². The summed E-state index contributed by atoms with van der Waals surface area (Å²) in [6.45, 7) is 7.72. The molecule has 0 atom stereocenters. The molecule has 0 aromatic heterocycles. The monoisotopic (exact) mass is 384 g/mol. The summed E-state index contributed by atoms with van der Waals surface area (Å²) in [7, 11) is 5.20. The first-order valence-electron chi connectivity index (χ1n) is 9.49. The van der Waals surface area contributed by atoms with Gasteiger partial charge in [-0.25, -0.2) is 0 Å². The van der Waals surface area contributed by atoms with E-state index >= 15 is 0 Å². The van der Waals surface area contributed by atoms with Crippen molar-refractivity contribution < 1.29 is 14.3 Å². The number of ether oxygens (including phenoxy) is 2. The van der Waals surface area contributed by atoms with E-state index < -0.39 is 0 Å². The van der Waals surface area contributed by atoms with Crippen LogP contribution in [-0.2, 0) is 17.9 Å². The van der Waals surface area contributed by atoms with Crippen molar-refractivity contribution in [3.63, 3.8) is 0 Å². The van der Waals surface area contributed by atoms with Gasteiger partial charge in [-0.05, 0) is 39.4 Å². The number of amides is 1. The van der Waals surface area contributed by atoms with Gasteiger partial charge in [-0.3, -0.25) is 9.69 Å². The molecule has 0 unspecified atom stereocenters. The molecule has 0 saturated carbocycles. The van der Waals surface area contributed by atoms with E-state index in [1.807, 2.05) is 53.2 Å². The third-order valence-electron chi connectivity index (χ3n) is 4.62. The van der Waals surface area contributed by atoms with Crippen LogP contribution in [0.3, 0.4) is 0 Å². The summed E-state index contributed by atoms with van der Waals surface area (Å²) in [4.78, 5) is 17.0. The maximum absolute atomic E-state index is 13.1. The maximum Gasteiger partial charge on any atom is 0.237 e. The number of para-hydroxylation sites is 1. The van der Waals surface area contributed by atoms with Crippen LogP contribution in [0.2, 0.25) is 0 Å². The van der Waals surface area contributed by atoms with Crippen molar-refractivity contribution in [3.8, 4) is 11.5 Å². The Morgan fingerprint density at radius 3 is 2.18 bits per heavy atom. The highest BCUT2D eigenvalue weighted by atomic mass is 16.5. The molecule has 0 aliphatic rings. The summed E-state index contributed by atoms with van der Waals surface area (Å²) in [5.74, 6) is 1.50. The van der Waals surface area contributed by atoms with Crippen LogP contribution < -0.4 is 9.47 Å². The lowest BCUT2D eigenvalue weighted by Crippen LogP contribution is -2.48. The number of likely N-dealkylation sites (N-methyl/N-ethyl adjacent to an activating group) is 1. The largest absolute Gasteiger partial charge is 0.493 e. The third kappa shape index (κ3) is 5.73. The average molecular weight is 385 g/mol. The zero-order valence-corrected chi connectivity index (χ0v) is 17.9. The van der Waals surface area contributed by atoms with Gasteiger partial charge in [0.1, 0.15) is 0 Å². The van der Waals surface area contributed by atoms with E-state index in [-0.39, 0.29) is 11.4 Å². The van der Waals surface area contributed by atoms with Crippen molar-refractivity contribution in [2.45, 2.75) is 39.4 Å². The first kappa shape index (κ1) is 21.8. The SMILES string of the molecule is COc1cccc(CN(C)CC(=O)N(Cc2ccccc2)C(C)(C)C)c1OC.